The van der Waals surface area contributed by atoms with Gasteiger partial charge in [0.2, 0.25) is 5.88 Å². The van der Waals surface area contributed by atoms with Crippen LogP contribution in [0, 0.1) is 5.82 Å². The summed E-state index contributed by atoms with van der Waals surface area (Å²) in [6.07, 6.45) is 0. The maximum atomic E-state index is 14.2. The lowest BCUT2D eigenvalue weighted by atomic mass is 10.2. The molecule has 0 aliphatic heterocycles. The Labute approximate surface area is 149 Å². The highest BCUT2D eigenvalue weighted by Crippen LogP contribution is 2.25. The summed E-state index contributed by atoms with van der Waals surface area (Å²) in [5, 5.41) is 9.26. The average molecular weight is 353 g/mol. The Morgan fingerprint density at radius 3 is 1.88 bits per heavy atom. The molecular formula is C20H16FNO4. The number of aromatic nitrogens is 1. The molecule has 6 heteroatoms. The number of ether oxygens (including phenoxy) is 2. The van der Waals surface area contributed by atoms with Gasteiger partial charge in [0.05, 0.1) is 0 Å². The number of nitrogens with zero attached hydrogens (tertiary/aromatic N) is 1. The molecule has 0 radical (unpaired) electrons. The van der Waals surface area contributed by atoms with Gasteiger partial charge < -0.3 is 14.6 Å². The maximum absolute atomic E-state index is 14.2. The summed E-state index contributed by atoms with van der Waals surface area (Å²) in [5.41, 5.74) is 1.31. The molecule has 5 nitrogen and oxygen atoms in total. The Kier molecular flexibility index (Phi) is 5.43. The summed E-state index contributed by atoms with van der Waals surface area (Å²) in [6.45, 7) is 0.215. The van der Waals surface area contributed by atoms with Crippen molar-refractivity contribution < 1.29 is 23.8 Å². The fraction of sp³-hybridized carbons (Fsp3) is 0.100. The summed E-state index contributed by atoms with van der Waals surface area (Å²) in [6, 6.07) is 19.2. The molecular weight excluding hydrogens is 337 g/mol. The van der Waals surface area contributed by atoms with Crippen molar-refractivity contribution in [3.8, 4) is 11.8 Å². The van der Waals surface area contributed by atoms with E-state index in [1.165, 1.54) is 0 Å². The number of aromatic carboxylic acids is 1. The number of carboxylic acids is 1. The molecule has 0 fully saturated rings. The molecule has 26 heavy (non-hydrogen) atoms. The second-order valence-corrected chi connectivity index (χ2v) is 5.48. The zero-order chi connectivity index (χ0) is 18.4. The number of hydrogen-bond acceptors (Lipinski definition) is 4. The van der Waals surface area contributed by atoms with Crippen molar-refractivity contribution in [3.05, 3.63) is 89.2 Å². The minimum atomic E-state index is -1.32. The van der Waals surface area contributed by atoms with Crippen molar-refractivity contribution in [2.75, 3.05) is 0 Å². The summed E-state index contributed by atoms with van der Waals surface area (Å²) >= 11 is 0. The van der Waals surface area contributed by atoms with E-state index in [-0.39, 0.29) is 30.5 Å². The van der Waals surface area contributed by atoms with E-state index in [1.54, 1.807) is 0 Å². The van der Waals surface area contributed by atoms with Crippen LogP contribution < -0.4 is 9.47 Å². The zero-order valence-corrected chi connectivity index (χ0v) is 13.8. The van der Waals surface area contributed by atoms with Gasteiger partial charge in [0.1, 0.15) is 18.8 Å². The Morgan fingerprint density at radius 1 is 0.885 bits per heavy atom. The molecule has 3 aromatic rings. The van der Waals surface area contributed by atoms with Crippen molar-refractivity contribution in [2.45, 2.75) is 13.2 Å². The van der Waals surface area contributed by atoms with Crippen molar-refractivity contribution in [1.82, 2.24) is 4.98 Å². The summed E-state index contributed by atoms with van der Waals surface area (Å²) in [7, 11) is 0. The number of carbonyl (C=O) groups is 1. The highest BCUT2D eigenvalue weighted by Gasteiger charge is 2.19. The fourth-order valence-corrected chi connectivity index (χ4v) is 2.27. The van der Waals surface area contributed by atoms with Crippen LogP contribution in [0.25, 0.3) is 0 Å². The van der Waals surface area contributed by atoms with Gasteiger partial charge in [0.25, 0.3) is 5.88 Å². The minimum Gasteiger partial charge on any atom is -0.477 e. The maximum Gasteiger partial charge on any atom is 0.341 e. The lowest BCUT2D eigenvalue weighted by molar-refractivity contribution is 0.0689. The van der Waals surface area contributed by atoms with E-state index in [2.05, 4.69) is 4.98 Å². The highest BCUT2D eigenvalue weighted by molar-refractivity contribution is 5.90. The zero-order valence-electron chi connectivity index (χ0n) is 13.8. The molecule has 0 aliphatic rings. The van der Waals surface area contributed by atoms with Crippen LogP contribution in [0.4, 0.5) is 4.39 Å². The van der Waals surface area contributed by atoms with E-state index < -0.39 is 11.8 Å². The Balaban J connectivity index is 1.80. The topological polar surface area (TPSA) is 68.7 Å². The first kappa shape index (κ1) is 17.4. The van der Waals surface area contributed by atoms with E-state index in [1.807, 2.05) is 60.7 Å². The molecule has 1 aromatic heterocycles. The normalized spacial score (nSPS) is 10.3. The molecule has 2 aromatic carbocycles. The van der Waals surface area contributed by atoms with Crippen LogP contribution in [-0.4, -0.2) is 16.1 Å². The number of rotatable bonds is 7. The number of carboxylic acid groups (broad SMARTS) is 1. The lowest BCUT2D eigenvalue weighted by Crippen LogP contribution is -2.09. The van der Waals surface area contributed by atoms with Crippen LogP contribution in [-0.2, 0) is 13.2 Å². The van der Waals surface area contributed by atoms with E-state index in [0.29, 0.717) is 0 Å². The predicted octanol–water partition coefficient (Wildman–Crippen LogP) is 4.08. The number of halogens is 1. The largest absolute Gasteiger partial charge is 0.477 e. The summed E-state index contributed by atoms with van der Waals surface area (Å²) in [4.78, 5) is 15.3. The molecule has 0 saturated carbocycles. The van der Waals surface area contributed by atoms with Crippen molar-refractivity contribution in [1.29, 1.82) is 0 Å². The molecule has 0 bridgehead atoms. The van der Waals surface area contributed by atoms with Crippen LogP contribution in [0.2, 0.25) is 0 Å². The fourth-order valence-electron chi connectivity index (χ4n) is 2.27. The van der Waals surface area contributed by atoms with E-state index in [9.17, 15) is 14.3 Å². The molecule has 3 rings (SSSR count). The molecule has 0 unspecified atom stereocenters. The average Bonchev–Trinajstić information content (AvgIpc) is 2.67. The van der Waals surface area contributed by atoms with Crippen LogP contribution in [0.5, 0.6) is 11.8 Å². The monoisotopic (exact) mass is 353 g/mol. The molecule has 0 aliphatic carbocycles. The first-order valence-corrected chi connectivity index (χ1v) is 7.91. The SMILES string of the molecule is O=C(O)c1cc(F)c(OCc2ccccc2)nc1OCc1ccccc1. The third-order valence-corrected chi connectivity index (χ3v) is 3.58. The molecule has 0 atom stereocenters. The third-order valence-electron chi connectivity index (χ3n) is 3.58. The van der Waals surface area contributed by atoms with Crippen molar-refractivity contribution >= 4 is 5.97 Å². The third kappa shape index (κ3) is 4.36. The second kappa shape index (κ2) is 8.11. The molecule has 0 spiro atoms. The van der Waals surface area contributed by atoms with Gasteiger partial charge in [-0.3, -0.25) is 0 Å². The van der Waals surface area contributed by atoms with E-state index in [0.717, 1.165) is 17.2 Å². The number of pyridine rings is 1. The highest BCUT2D eigenvalue weighted by atomic mass is 19.1. The number of benzene rings is 2. The molecule has 0 saturated heterocycles. The van der Waals surface area contributed by atoms with Gasteiger partial charge in [-0.2, -0.15) is 4.98 Å². The van der Waals surface area contributed by atoms with Crippen LogP contribution in [0.15, 0.2) is 66.7 Å². The Bertz CT molecular complexity index is 885. The van der Waals surface area contributed by atoms with Crippen molar-refractivity contribution in [3.63, 3.8) is 0 Å². The van der Waals surface area contributed by atoms with Crippen molar-refractivity contribution in [2.24, 2.45) is 0 Å². The van der Waals surface area contributed by atoms with Crippen LogP contribution >= 0.6 is 0 Å². The predicted molar refractivity (Wildman–Crippen MR) is 92.7 cm³/mol. The van der Waals surface area contributed by atoms with Crippen LogP contribution in [0.1, 0.15) is 21.5 Å². The standard InChI is InChI=1S/C20H16FNO4/c21-17-11-16(20(23)24)18(25-12-14-7-3-1-4-8-14)22-19(17)26-13-15-9-5-2-6-10-15/h1-11H,12-13H2,(H,23,24). The van der Waals surface area contributed by atoms with Gasteiger partial charge in [-0.05, 0) is 17.2 Å². The second-order valence-electron chi connectivity index (χ2n) is 5.48. The van der Waals surface area contributed by atoms with Crippen LogP contribution in [0.3, 0.4) is 0 Å². The molecule has 0 amide bonds. The molecule has 1 heterocycles. The smallest absolute Gasteiger partial charge is 0.341 e. The quantitative estimate of drug-likeness (QED) is 0.693. The first-order chi connectivity index (χ1) is 12.6. The molecule has 132 valence electrons. The molecule has 1 N–H and O–H groups in total. The first-order valence-electron chi connectivity index (χ1n) is 7.91. The van der Waals surface area contributed by atoms with Gasteiger partial charge >= 0.3 is 5.97 Å². The Hall–Kier alpha value is -3.41. The van der Waals surface area contributed by atoms with E-state index >= 15 is 0 Å². The Morgan fingerprint density at radius 2 is 1.38 bits per heavy atom. The minimum absolute atomic E-state index is 0.106. The van der Waals surface area contributed by atoms with E-state index in [4.69, 9.17) is 9.47 Å². The van der Waals surface area contributed by atoms with Gasteiger partial charge in [-0.25, -0.2) is 9.18 Å². The summed E-state index contributed by atoms with van der Waals surface area (Å²) < 4.78 is 25.0. The number of hydrogen-bond donors (Lipinski definition) is 1. The lowest BCUT2D eigenvalue weighted by Gasteiger charge is -2.12. The van der Waals surface area contributed by atoms with Gasteiger partial charge in [-0.15, -0.1) is 0 Å². The summed E-state index contributed by atoms with van der Waals surface area (Å²) in [5.74, 6) is -2.67. The van der Waals surface area contributed by atoms with Gasteiger partial charge in [0.15, 0.2) is 5.82 Å². The van der Waals surface area contributed by atoms with Gasteiger partial charge in [-0.1, -0.05) is 60.7 Å². The van der Waals surface area contributed by atoms with Gasteiger partial charge in [0, 0.05) is 0 Å².